The van der Waals surface area contributed by atoms with Gasteiger partial charge in [-0.1, -0.05) is 79.3 Å². The van der Waals surface area contributed by atoms with E-state index in [-0.39, 0.29) is 44.2 Å². The first-order valence-electron chi connectivity index (χ1n) is 16.5. The number of aryl methyl sites for hydroxylation is 1. The molecule has 9 nitrogen and oxygen atoms in total. The van der Waals surface area contributed by atoms with Gasteiger partial charge >= 0.3 is 12.1 Å². The zero-order valence-electron chi connectivity index (χ0n) is 27.7. The summed E-state index contributed by atoms with van der Waals surface area (Å²) in [4.78, 5) is 29.8. The molecule has 2 saturated heterocycles. The van der Waals surface area contributed by atoms with E-state index in [1.165, 1.54) is 0 Å². The lowest BCUT2D eigenvalue weighted by atomic mass is 9.91. The Hall–Kier alpha value is -4.17. The Bertz CT molecular complexity index is 1800. The fourth-order valence-corrected chi connectivity index (χ4v) is 7.53. The number of nitrogens with one attached hydrogen (secondary N) is 1. The molecule has 0 bridgehead atoms. The van der Waals surface area contributed by atoms with Crippen molar-refractivity contribution in [3.05, 3.63) is 107 Å². The van der Waals surface area contributed by atoms with Gasteiger partial charge in [-0.15, -0.1) is 0 Å². The van der Waals surface area contributed by atoms with Gasteiger partial charge in [0.05, 0.1) is 18.8 Å². The lowest BCUT2D eigenvalue weighted by Crippen LogP contribution is -2.50. The van der Waals surface area contributed by atoms with Crippen molar-refractivity contribution in [3.8, 4) is 11.1 Å². The minimum Gasteiger partial charge on any atom is -0.392 e. The molecule has 13 heteroatoms. The number of hydrogen-bond donors (Lipinski definition) is 2. The molecule has 2 amide bonds. The Morgan fingerprint density at radius 2 is 1.74 bits per heavy atom. The third-order valence-electron chi connectivity index (χ3n) is 9.22. The molecule has 3 heterocycles. The molecule has 3 aromatic carbocycles. The maximum atomic E-state index is 13.1. The SMILES string of the molecule is C[C@H]1[C@@H](CSc2nccn2C)O[C@@H](c2cccc(-c3cccc(CNC(=O)[C@@H]4CCCN4C(=O)C(F)(F)F)c3)c2)O[C@H]1c1ccc(CO)cc1. The molecule has 5 atom stereocenters. The summed E-state index contributed by atoms with van der Waals surface area (Å²) in [5.41, 5.74) is 5.15. The fraction of sp³-hybridized carbons (Fsp3) is 0.378. The predicted octanol–water partition coefficient (Wildman–Crippen LogP) is 6.33. The molecule has 0 saturated carbocycles. The average Bonchev–Trinajstić information content (AvgIpc) is 3.79. The fourth-order valence-electron chi connectivity index (χ4n) is 6.44. The van der Waals surface area contributed by atoms with Gasteiger partial charge in [-0.05, 0) is 52.8 Å². The average molecular weight is 709 g/mol. The van der Waals surface area contributed by atoms with Crippen LogP contribution in [0.3, 0.4) is 0 Å². The van der Waals surface area contributed by atoms with Crippen LogP contribution in [0.15, 0.2) is 90.3 Å². The Labute approximate surface area is 292 Å². The number of thioether (sulfide) groups is 1. The van der Waals surface area contributed by atoms with Crippen molar-refractivity contribution in [3.63, 3.8) is 0 Å². The number of halogens is 3. The van der Waals surface area contributed by atoms with Crippen molar-refractivity contribution >= 4 is 23.6 Å². The van der Waals surface area contributed by atoms with Gasteiger partial charge in [-0.25, -0.2) is 4.98 Å². The molecule has 2 aliphatic rings. The van der Waals surface area contributed by atoms with Crippen LogP contribution < -0.4 is 5.32 Å². The number of carbonyl (C=O) groups is 2. The normalized spacial score (nSPS) is 22.4. The minimum absolute atomic E-state index is 0.0111. The van der Waals surface area contributed by atoms with Crippen molar-refractivity contribution in [2.75, 3.05) is 12.3 Å². The second-order valence-electron chi connectivity index (χ2n) is 12.7. The summed E-state index contributed by atoms with van der Waals surface area (Å²) < 4.78 is 54.4. The first-order valence-corrected chi connectivity index (χ1v) is 17.5. The molecular formula is C37H39F3N4O5S. The number of carbonyl (C=O) groups excluding carboxylic acids is 2. The number of hydrogen-bond acceptors (Lipinski definition) is 7. The maximum absolute atomic E-state index is 13.1. The van der Waals surface area contributed by atoms with Crippen LogP contribution in [-0.2, 0) is 39.3 Å². The van der Waals surface area contributed by atoms with Gasteiger partial charge in [-0.3, -0.25) is 9.59 Å². The van der Waals surface area contributed by atoms with Crippen molar-refractivity contribution in [2.45, 2.75) is 68.8 Å². The molecule has 50 heavy (non-hydrogen) atoms. The van der Waals surface area contributed by atoms with Crippen LogP contribution in [0, 0.1) is 5.92 Å². The van der Waals surface area contributed by atoms with Crippen molar-refractivity contribution in [1.29, 1.82) is 0 Å². The number of aliphatic hydroxyl groups excluding tert-OH is 1. The van der Waals surface area contributed by atoms with Crippen LogP contribution in [0.5, 0.6) is 0 Å². The molecule has 2 N–H and O–H groups in total. The number of rotatable bonds is 10. The van der Waals surface area contributed by atoms with E-state index in [9.17, 15) is 27.9 Å². The van der Waals surface area contributed by atoms with Gasteiger partial charge in [0.15, 0.2) is 11.4 Å². The van der Waals surface area contributed by atoms with Gasteiger partial charge in [0, 0.05) is 49.8 Å². The first kappa shape index (κ1) is 35.6. The number of imidazole rings is 1. The maximum Gasteiger partial charge on any atom is 0.471 e. The van der Waals surface area contributed by atoms with E-state index in [1.807, 2.05) is 90.6 Å². The minimum atomic E-state index is -5.02. The smallest absolute Gasteiger partial charge is 0.392 e. The lowest BCUT2D eigenvalue weighted by molar-refractivity contribution is -0.268. The number of aromatic nitrogens is 2. The largest absolute Gasteiger partial charge is 0.471 e. The Morgan fingerprint density at radius 3 is 2.44 bits per heavy atom. The summed E-state index contributed by atoms with van der Waals surface area (Å²) in [6, 6.07) is 22.0. The zero-order valence-corrected chi connectivity index (χ0v) is 28.5. The second-order valence-corrected chi connectivity index (χ2v) is 13.6. The molecular weight excluding hydrogens is 669 g/mol. The van der Waals surface area contributed by atoms with Gasteiger partial charge in [0.1, 0.15) is 6.04 Å². The standard InChI is InChI=1S/C37H39F3N4O5S/c1-23-31(22-50-36-41-15-17-43(36)2)48-34(49-32(23)26-13-11-24(21-45)12-14-26)29-9-4-8-28(19-29)27-7-3-6-25(18-27)20-42-33(46)30-10-5-16-44(30)35(47)37(38,39)40/h3-4,6-9,11-15,17-19,23,30-32,34,45H,5,10,16,20-22H2,1-2H3,(H,42,46)/t23-,30-,31+,32+,34+/m0/s1. The van der Waals surface area contributed by atoms with Crippen LogP contribution in [0.2, 0.25) is 0 Å². The topological polar surface area (TPSA) is 106 Å². The highest BCUT2D eigenvalue weighted by atomic mass is 32.2. The molecule has 4 aromatic rings. The summed E-state index contributed by atoms with van der Waals surface area (Å²) in [5.74, 6) is -1.92. The number of alkyl halides is 3. The lowest BCUT2D eigenvalue weighted by Gasteiger charge is -2.41. The summed E-state index contributed by atoms with van der Waals surface area (Å²) in [7, 11) is 1.95. The molecule has 1 aromatic heterocycles. The van der Waals surface area contributed by atoms with E-state index in [2.05, 4.69) is 17.2 Å². The Morgan fingerprint density at radius 1 is 1.00 bits per heavy atom. The number of nitrogens with zero attached hydrogens (tertiary/aromatic N) is 3. The third kappa shape index (κ3) is 8.07. The van der Waals surface area contributed by atoms with Crippen molar-refractivity contribution in [2.24, 2.45) is 13.0 Å². The van der Waals surface area contributed by atoms with Gasteiger partial charge in [-0.2, -0.15) is 13.2 Å². The van der Waals surface area contributed by atoms with Gasteiger partial charge < -0.3 is 29.4 Å². The molecule has 0 spiro atoms. The number of aliphatic hydroxyl groups is 1. The van der Waals surface area contributed by atoms with E-state index in [4.69, 9.17) is 9.47 Å². The third-order valence-corrected chi connectivity index (χ3v) is 10.4. The molecule has 0 radical (unpaired) electrons. The molecule has 2 fully saturated rings. The Balaban J connectivity index is 1.18. The number of benzene rings is 3. The van der Waals surface area contributed by atoms with Crippen LogP contribution in [-0.4, -0.2) is 62.0 Å². The van der Waals surface area contributed by atoms with Crippen molar-refractivity contribution in [1.82, 2.24) is 19.8 Å². The molecule has 0 aliphatic carbocycles. The van der Waals surface area contributed by atoms with Gasteiger partial charge in [0.25, 0.3) is 0 Å². The number of ether oxygens (including phenoxy) is 2. The summed E-state index contributed by atoms with van der Waals surface area (Å²) >= 11 is 1.62. The second kappa shape index (κ2) is 15.4. The highest BCUT2D eigenvalue weighted by Crippen LogP contribution is 2.43. The summed E-state index contributed by atoms with van der Waals surface area (Å²) in [5, 5.41) is 13.2. The quantitative estimate of drug-likeness (QED) is 0.186. The molecule has 6 rings (SSSR count). The van der Waals surface area contributed by atoms with Gasteiger partial charge in [0.2, 0.25) is 5.91 Å². The van der Waals surface area contributed by atoms with E-state index >= 15 is 0 Å². The summed E-state index contributed by atoms with van der Waals surface area (Å²) in [6.45, 7) is 2.06. The molecule has 264 valence electrons. The predicted molar refractivity (Wildman–Crippen MR) is 181 cm³/mol. The van der Waals surface area contributed by atoms with E-state index in [0.717, 1.165) is 38.5 Å². The van der Waals surface area contributed by atoms with E-state index in [0.29, 0.717) is 17.1 Å². The Kier molecular flexibility index (Phi) is 11.0. The number of likely N-dealkylation sites (tertiary alicyclic amines) is 1. The monoisotopic (exact) mass is 708 g/mol. The first-order chi connectivity index (χ1) is 24.0. The molecule has 2 aliphatic heterocycles. The highest BCUT2D eigenvalue weighted by Gasteiger charge is 2.47. The van der Waals surface area contributed by atoms with Crippen LogP contribution >= 0.6 is 11.8 Å². The van der Waals surface area contributed by atoms with E-state index < -0.39 is 30.3 Å². The summed E-state index contributed by atoms with van der Waals surface area (Å²) in [6.07, 6.45) is -1.95. The van der Waals surface area contributed by atoms with Crippen LogP contribution in [0.25, 0.3) is 11.1 Å². The zero-order chi connectivity index (χ0) is 35.4. The highest BCUT2D eigenvalue weighted by molar-refractivity contribution is 7.99. The van der Waals surface area contributed by atoms with E-state index in [1.54, 1.807) is 18.0 Å². The van der Waals surface area contributed by atoms with Crippen LogP contribution in [0.1, 0.15) is 54.4 Å². The molecule has 0 unspecified atom stereocenters. The van der Waals surface area contributed by atoms with Crippen LogP contribution in [0.4, 0.5) is 13.2 Å². The number of amides is 2. The van der Waals surface area contributed by atoms with Crippen molar-refractivity contribution < 1.29 is 37.3 Å².